The molecular formula is C9H20O2Si. The molecule has 0 aromatic heterocycles. The van der Waals surface area contributed by atoms with Gasteiger partial charge in [0.15, 0.2) is 0 Å². The van der Waals surface area contributed by atoms with Crippen LogP contribution in [-0.4, -0.2) is 23.5 Å². The Kier molecular flexibility index (Phi) is 4.25. The van der Waals surface area contributed by atoms with Gasteiger partial charge in [-0.2, -0.15) is 0 Å². The van der Waals surface area contributed by atoms with Gasteiger partial charge in [0.1, 0.15) is 0 Å². The molecule has 0 bridgehead atoms. The molecule has 1 aliphatic carbocycles. The van der Waals surface area contributed by atoms with Crippen LogP contribution in [0.15, 0.2) is 0 Å². The quantitative estimate of drug-likeness (QED) is 0.629. The predicted molar refractivity (Wildman–Crippen MR) is 52.5 cm³/mol. The molecule has 0 aromatic rings. The first-order valence-corrected chi connectivity index (χ1v) is 6.46. The molecule has 0 aromatic carbocycles. The van der Waals surface area contributed by atoms with Crippen LogP contribution >= 0.6 is 0 Å². The molecule has 0 saturated heterocycles. The molecule has 1 unspecified atom stereocenters. The Labute approximate surface area is 77.1 Å². The van der Waals surface area contributed by atoms with Gasteiger partial charge in [0.25, 0.3) is 0 Å². The van der Waals surface area contributed by atoms with Crippen molar-refractivity contribution < 1.29 is 8.85 Å². The first kappa shape index (κ1) is 10.2. The van der Waals surface area contributed by atoms with Crippen molar-refractivity contribution in [2.24, 2.45) is 5.92 Å². The van der Waals surface area contributed by atoms with Crippen LogP contribution in [0, 0.1) is 5.92 Å². The van der Waals surface area contributed by atoms with Crippen molar-refractivity contribution in [3.8, 4) is 0 Å². The highest BCUT2D eigenvalue weighted by Crippen LogP contribution is 2.36. The van der Waals surface area contributed by atoms with E-state index in [0.29, 0.717) is 5.54 Å². The van der Waals surface area contributed by atoms with Crippen molar-refractivity contribution in [1.29, 1.82) is 0 Å². The van der Waals surface area contributed by atoms with Gasteiger partial charge in [-0.25, -0.2) is 0 Å². The standard InChI is InChI=1S/C9H20O2Si/c1-8(12(10-2)11-3)9-6-4-5-7-9/h8-9,12H,4-7H2,1-3H3. The summed E-state index contributed by atoms with van der Waals surface area (Å²) >= 11 is 0. The minimum atomic E-state index is -1.34. The minimum absolute atomic E-state index is 0.683. The molecular weight excluding hydrogens is 168 g/mol. The highest BCUT2D eigenvalue weighted by molar-refractivity contribution is 6.46. The van der Waals surface area contributed by atoms with Crippen LogP contribution in [0.2, 0.25) is 5.54 Å². The molecule has 0 radical (unpaired) electrons. The van der Waals surface area contributed by atoms with Crippen LogP contribution in [0.3, 0.4) is 0 Å². The van der Waals surface area contributed by atoms with Gasteiger partial charge in [-0.3, -0.25) is 0 Å². The molecule has 1 fully saturated rings. The average Bonchev–Trinajstić information content (AvgIpc) is 2.58. The van der Waals surface area contributed by atoms with E-state index in [2.05, 4.69) is 6.92 Å². The first-order valence-electron chi connectivity index (χ1n) is 4.85. The molecule has 1 atom stereocenters. The highest BCUT2D eigenvalue weighted by atomic mass is 28.3. The van der Waals surface area contributed by atoms with Gasteiger partial charge in [0, 0.05) is 14.2 Å². The Hall–Kier alpha value is 0.137. The van der Waals surface area contributed by atoms with Crippen LogP contribution in [-0.2, 0) is 8.85 Å². The summed E-state index contributed by atoms with van der Waals surface area (Å²) in [6.07, 6.45) is 5.59. The Morgan fingerprint density at radius 2 is 1.67 bits per heavy atom. The van der Waals surface area contributed by atoms with Gasteiger partial charge in [0.2, 0.25) is 0 Å². The van der Waals surface area contributed by atoms with Crippen molar-refractivity contribution in [3.63, 3.8) is 0 Å². The zero-order chi connectivity index (χ0) is 8.97. The molecule has 1 saturated carbocycles. The maximum atomic E-state index is 5.39. The van der Waals surface area contributed by atoms with E-state index in [0.717, 1.165) is 5.92 Å². The van der Waals surface area contributed by atoms with Gasteiger partial charge in [0.05, 0.1) is 0 Å². The number of hydrogen-bond donors (Lipinski definition) is 0. The van der Waals surface area contributed by atoms with Gasteiger partial charge in [-0.15, -0.1) is 0 Å². The van der Waals surface area contributed by atoms with Crippen LogP contribution in [0.1, 0.15) is 32.6 Å². The topological polar surface area (TPSA) is 18.5 Å². The lowest BCUT2D eigenvalue weighted by Gasteiger charge is -2.23. The lowest BCUT2D eigenvalue weighted by atomic mass is 10.1. The fourth-order valence-corrected chi connectivity index (χ4v) is 4.11. The molecule has 3 heteroatoms. The zero-order valence-electron chi connectivity index (χ0n) is 8.38. The maximum Gasteiger partial charge on any atom is 0.324 e. The van der Waals surface area contributed by atoms with E-state index >= 15 is 0 Å². The molecule has 1 rings (SSSR count). The fraction of sp³-hybridized carbons (Fsp3) is 1.00. The lowest BCUT2D eigenvalue weighted by Crippen LogP contribution is -2.28. The molecule has 0 heterocycles. The predicted octanol–water partition coefficient (Wildman–Crippen LogP) is 2.08. The third-order valence-corrected chi connectivity index (χ3v) is 5.37. The van der Waals surface area contributed by atoms with E-state index < -0.39 is 9.28 Å². The Bertz CT molecular complexity index is 118. The first-order chi connectivity index (χ1) is 5.79. The van der Waals surface area contributed by atoms with E-state index in [1.165, 1.54) is 25.7 Å². The monoisotopic (exact) mass is 188 g/mol. The van der Waals surface area contributed by atoms with Crippen molar-refractivity contribution >= 4 is 9.28 Å². The fourth-order valence-electron chi connectivity index (χ4n) is 2.23. The van der Waals surface area contributed by atoms with Crippen LogP contribution in [0.25, 0.3) is 0 Å². The molecule has 72 valence electrons. The molecule has 0 amide bonds. The molecule has 0 spiro atoms. The minimum Gasteiger partial charge on any atom is -0.400 e. The molecule has 2 nitrogen and oxygen atoms in total. The lowest BCUT2D eigenvalue weighted by molar-refractivity contribution is 0.253. The van der Waals surface area contributed by atoms with Gasteiger partial charge < -0.3 is 8.85 Å². The summed E-state index contributed by atoms with van der Waals surface area (Å²) in [7, 11) is 2.23. The summed E-state index contributed by atoms with van der Waals surface area (Å²) in [6, 6.07) is 0. The van der Waals surface area contributed by atoms with Gasteiger partial charge in [-0.1, -0.05) is 32.6 Å². The highest BCUT2D eigenvalue weighted by Gasteiger charge is 2.30. The summed E-state index contributed by atoms with van der Waals surface area (Å²) < 4.78 is 10.8. The van der Waals surface area contributed by atoms with E-state index in [4.69, 9.17) is 8.85 Å². The van der Waals surface area contributed by atoms with Crippen LogP contribution in [0.4, 0.5) is 0 Å². The van der Waals surface area contributed by atoms with E-state index in [1.807, 2.05) is 0 Å². The summed E-state index contributed by atoms with van der Waals surface area (Å²) in [6.45, 7) is 2.29. The second-order valence-corrected chi connectivity index (χ2v) is 6.47. The normalized spacial score (nSPS) is 22.0. The summed E-state index contributed by atoms with van der Waals surface area (Å²) in [5.74, 6) is 0.876. The van der Waals surface area contributed by atoms with Crippen molar-refractivity contribution in [2.75, 3.05) is 14.2 Å². The Morgan fingerprint density at radius 1 is 1.17 bits per heavy atom. The second-order valence-electron chi connectivity index (χ2n) is 3.74. The third-order valence-electron chi connectivity index (χ3n) is 3.04. The number of rotatable bonds is 4. The molecule has 0 aliphatic heterocycles. The second kappa shape index (κ2) is 4.99. The smallest absolute Gasteiger partial charge is 0.324 e. The zero-order valence-corrected chi connectivity index (χ0v) is 9.53. The van der Waals surface area contributed by atoms with E-state index in [9.17, 15) is 0 Å². The van der Waals surface area contributed by atoms with Crippen molar-refractivity contribution in [3.05, 3.63) is 0 Å². The Balaban J connectivity index is 2.37. The van der Waals surface area contributed by atoms with Crippen molar-refractivity contribution in [2.45, 2.75) is 38.1 Å². The summed E-state index contributed by atoms with van der Waals surface area (Å²) in [4.78, 5) is 0. The van der Waals surface area contributed by atoms with Gasteiger partial charge in [-0.05, 0) is 11.5 Å². The van der Waals surface area contributed by atoms with E-state index in [1.54, 1.807) is 14.2 Å². The largest absolute Gasteiger partial charge is 0.400 e. The summed E-state index contributed by atoms with van der Waals surface area (Å²) in [5, 5.41) is 0. The number of hydrogen-bond acceptors (Lipinski definition) is 2. The molecule has 12 heavy (non-hydrogen) atoms. The average molecular weight is 188 g/mol. The van der Waals surface area contributed by atoms with Crippen molar-refractivity contribution in [1.82, 2.24) is 0 Å². The Morgan fingerprint density at radius 3 is 2.08 bits per heavy atom. The maximum absolute atomic E-state index is 5.39. The van der Waals surface area contributed by atoms with Crippen LogP contribution in [0.5, 0.6) is 0 Å². The van der Waals surface area contributed by atoms with Gasteiger partial charge >= 0.3 is 9.28 Å². The van der Waals surface area contributed by atoms with E-state index in [-0.39, 0.29) is 0 Å². The SMILES string of the molecule is CO[SiH](OC)C(C)C1CCCC1. The third kappa shape index (κ3) is 2.31. The van der Waals surface area contributed by atoms with Crippen LogP contribution < -0.4 is 0 Å². The molecule has 0 N–H and O–H groups in total. The summed E-state index contributed by atoms with van der Waals surface area (Å²) in [5.41, 5.74) is 0.683. The molecule has 1 aliphatic rings.